The van der Waals surface area contributed by atoms with Gasteiger partial charge in [-0.15, -0.1) is 6.58 Å². The number of ether oxygens (including phenoxy) is 2. The number of pyridine rings is 1. The van der Waals surface area contributed by atoms with Crippen LogP contribution < -0.4 is 4.74 Å². The fraction of sp³-hybridized carbons (Fsp3) is 0.400. The normalized spacial score (nSPS) is 13.1. The Labute approximate surface area is 109 Å². The Balaban J connectivity index is 2.28. The van der Waals surface area contributed by atoms with Gasteiger partial charge in [-0.1, -0.05) is 18.2 Å². The standard InChI is InChI=1S/C15H21NO2/c1-4-14(17-3)9-7-8-13(2)12-18-15-10-5-6-11-16-15/h4-6,8,10-11,14H,1,7,9,12H2,2-3H3/b13-8-. The fourth-order valence-electron chi connectivity index (χ4n) is 1.51. The molecule has 0 saturated heterocycles. The molecule has 1 aromatic heterocycles. The van der Waals surface area contributed by atoms with Crippen LogP contribution in [0.15, 0.2) is 48.7 Å². The molecule has 3 nitrogen and oxygen atoms in total. The molecule has 0 aliphatic rings. The molecule has 0 radical (unpaired) electrons. The van der Waals surface area contributed by atoms with Crippen molar-refractivity contribution in [1.29, 1.82) is 0 Å². The van der Waals surface area contributed by atoms with Gasteiger partial charge in [0.2, 0.25) is 5.88 Å². The van der Waals surface area contributed by atoms with E-state index in [-0.39, 0.29) is 6.10 Å². The summed E-state index contributed by atoms with van der Waals surface area (Å²) in [5.74, 6) is 0.658. The van der Waals surface area contributed by atoms with E-state index < -0.39 is 0 Å². The Hall–Kier alpha value is -1.61. The van der Waals surface area contributed by atoms with E-state index in [0.717, 1.165) is 12.8 Å². The van der Waals surface area contributed by atoms with Crippen molar-refractivity contribution in [3.8, 4) is 5.88 Å². The molecule has 0 saturated carbocycles. The molecule has 0 aliphatic heterocycles. The van der Waals surface area contributed by atoms with Crippen LogP contribution in [0.2, 0.25) is 0 Å². The second kappa shape index (κ2) is 8.48. The third-order valence-electron chi connectivity index (χ3n) is 2.60. The molecular formula is C15H21NO2. The first kappa shape index (κ1) is 14.5. The first-order valence-electron chi connectivity index (χ1n) is 6.11. The molecule has 0 aliphatic carbocycles. The molecule has 3 heteroatoms. The van der Waals surface area contributed by atoms with Gasteiger partial charge in [0.05, 0.1) is 6.10 Å². The van der Waals surface area contributed by atoms with Crippen LogP contribution in [0.25, 0.3) is 0 Å². The molecule has 1 unspecified atom stereocenters. The van der Waals surface area contributed by atoms with E-state index >= 15 is 0 Å². The van der Waals surface area contributed by atoms with Crippen molar-refractivity contribution in [2.24, 2.45) is 0 Å². The van der Waals surface area contributed by atoms with Crippen LogP contribution >= 0.6 is 0 Å². The number of rotatable bonds is 8. The van der Waals surface area contributed by atoms with Gasteiger partial charge in [-0.05, 0) is 31.4 Å². The largest absolute Gasteiger partial charge is 0.473 e. The molecule has 1 aromatic rings. The van der Waals surface area contributed by atoms with Crippen LogP contribution in [0.4, 0.5) is 0 Å². The van der Waals surface area contributed by atoms with Gasteiger partial charge < -0.3 is 9.47 Å². The van der Waals surface area contributed by atoms with E-state index in [1.165, 1.54) is 5.57 Å². The third-order valence-corrected chi connectivity index (χ3v) is 2.60. The monoisotopic (exact) mass is 247 g/mol. The average Bonchev–Trinajstić information content (AvgIpc) is 2.42. The van der Waals surface area contributed by atoms with Crippen molar-refractivity contribution < 1.29 is 9.47 Å². The van der Waals surface area contributed by atoms with Gasteiger partial charge in [0.25, 0.3) is 0 Å². The fourth-order valence-corrected chi connectivity index (χ4v) is 1.51. The Morgan fingerprint density at radius 2 is 2.33 bits per heavy atom. The lowest BCUT2D eigenvalue weighted by molar-refractivity contribution is 0.134. The summed E-state index contributed by atoms with van der Waals surface area (Å²) in [6.45, 7) is 6.35. The molecule has 0 spiro atoms. The number of allylic oxidation sites excluding steroid dienone is 1. The molecule has 1 atom stereocenters. The summed E-state index contributed by atoms with van der Waals surface area (Å²) in [6, 6.07) is 5.64. The van der Waals surface area contributed by atoms with Crippen LogP contribution in [0, 0.1) is 0 Å². The third kappa shape index (κ3) is 5.64. The van der Waals surface area contributed by atoms with Crippen LogP contribution in [-0.2, 0) is 4.74 Å². The van der Waals surface area contributed by atoms with E-state index in [9.17, 15) is 0 Å². The SMILES string of the molecule is C=CC(CC/C=C(/C)COc1ccccn1)OC. The average molecular weight is 247 g/mol. The lowest BCUT2D eigenvalue weighted by Crippen LogP contribution is -2.05. The minimum absolute atomic E-state index is 0.130. The summed E-state index contributed by atoms with van der Waals surface area (Å²) in [6.07, 6.45) is 7.75. The number of hydrogen-bond donors (Lipinski definition) is 0. The summed E-state index contributed by atoms with van der Waals surface area (Å²) in [7, 11) is 1.70. The van der Waals surface area contributed by atoms with E-state index in [2.05, 4.69) is 24.6 Å². The molecule has 0 amide bonds. The molecule has 0 aromatic carbocycles. The smallest absolute Gasteiger partial charge is 0.213 e. The van der Waals surface area contributed by atoms with Crippen molar-refractivity contribution in [3.05, 3.63) is 48.7 Å². The van der Waals surface area contributed by atoms with E-state index in [0.29, 0.717) is 12.5 Å². The lowest BCUT2D eigenvalue weighted by atomic mass is 10.1. The molecule has 0 bridgehead atoms. The summed E-state index contributed by atoms with van der Waals surface area (Å²) >= 11 is 0. The molecule has 0 N–H and O–H groups in total. The Morgan fingerprint density at radius 3 is 2.94 bits per heavy atom. The van der Waals surface area contributed by atoms with Gasteiger partial charge in [-0.2, -0.15) is 0 Å². The van der Waals surface area contributed by atoms with Crippen LogP contribution in [-0.4, -0.2) is 24.8 Å². The van der Waals surface area contributed by atoms with Gasteiger partial charge in [-0.25, -0.2) is 4.98 Å². The van der Waals surface area contributed by atoms with Crippen molar-refractivity contribution >= 4 is 0 Å². The molecule has 1 heterocycles. The molecule has 0 fully saturated rings. The van der Waals surface area contributed by atoms with Gasteiger partial charge in [-0.3, -0.25) is 0 Å². The maximum absolute atomic E-state index is 5.55. The van der Waals surface area contributed by atoms with Crippen molar-refractivity contribution in [2.75, 3.05) is 13.7 Å². The molecule has 1 rings (SSSR count). The van der Waals surface area contributed by atoms with E-state index in [1.54, 1.807) is 13.3 Å². The predicted molar refractivity (Wildman–Crippen MR) is 73.7 cm³/mol. The highest BCUT2D eigenvalue weighted by Gasteiger charge is 2.00. The van der Waals surface area contributed by atoms with E-state index in [4.69, 9.17) is 9.47 Å². The molecule has 18 heavy (non-hydrogen) atoms. The second-order valence-electron chi connectivity index (χ2n) is 4.09. The number of methoxy groups -OCH3 is 1. The minimum Gasteiger partial charge on any atom is -0.473 e. The summed E-state index contributed by atoms with van der Waals surface area (Å²) in [4.78, 5) is 4.10. The first-order valence-corrected chi connectivity index (χ1v) is 6.11. The second-order valence-corrected chi connectivity index (χ2v) is 4.09. The topological polar surface area (TPSA) is 31.4 Å². The van der Waals surface area contributed by atoms with Gasteiger partial charge >= 0.3 is 0 Å². The predicted octanol–water partition coefficient (Wildman–Crippen LogP) is 3.39. The zero-order valence-corrected chi connectivity index (χ0v) is 11.1. The summed E-state index contributed by atoms with van der Waals surface area (Å²) < 4.78 is 10.8. The van der Waals surface area contributed by atoms with Gasteiger partial charge in [0.15, 0.2) is 0 Å². The van der Waals surface area contributed by atoms with Crippen LogP contribution in [0.1, 0.15) is 19.8 Å². The summed E-state index contributed by atoms with van der Waals surface area (Å²) in [5.41, 5.74) is 1.19. The zero-order chi connectivity index (χ0) is 13.2. The number of aromatic nitrogens is 1. The van der Waals surface area contributed by atoms with E-state index in [1.807, 2.05) is 24.3 Å². The van der Waals surface area contributed by atoms with Crippen LogP contribution in [0.3, 0.4) is 0 Å². The van der Waals surface area contributed by atoms with Crippen molar-refractivity contribution in [3.63, 3.8) is 0 Å². The Morgan fingerprint density at radius 1 is 1.50 bits per heavy atom. The highest BCUT2D eigenvalue weighted by Crippen LogP contribution is 2.08. The Bertz CT molecular complexity index is 373. The number of nitrogens with zero attached hydrogens (tertiary/aromatic N) is 1. The maximum atomic E-state index is 5.55. The number of hydrogen-bond acceptors (Lipinski definition) is 3. The highest BCUT2D eigenvalue weighted by atomic mass is 16.5. The lowest BCUT2D eigenvalue weighted by Gasteiger charge is -2.09. The maximum Gasteiger partial charge on any atom is 0.213 e. The Kier molecular flexibility index (Phi) is 6.81. The van der Waals surface area contributed by atoms with Crippen molar-refractivity contribution in [2.45, 2.75) is 25.9 Å². The molecular weight excluding hydrogens is 226 g/mol. The summed E-state index contributed by atoms with van der Waals surface area (Å²) in [5, 5.41) is 0. The zero-order valence-electron chi connectivity index (χ0n) is 11.1. The highest BCUT2D eigenvalue weighted by molar-refractivity contribution is 5.11. The van der Waals surface area contributed by atoms with Gasteiger partial charge in [0, 0.05) is 19.4 Å². The van der Waals surface area contributed by atoms with Crippen molar-refractivity contribution in [1.82, 2.24) is 4.98 Å². The first-order chi connectivity index (χ1) is 8.76. The minimum atomic E-state index is 0.130. The van der Waals surface area contributed by atoms with Crippen LogP contribution in [0.5, 0.6) is 5.88 Å². The van der Waals surface area contributed by atoms with Gasteiger partial charge in [0.1, 0.15) is 6.61 Å². The quantitative estimate of drug-likeness (QED) is 0.660. The molecule has 98 valence electrons.